The first kappa shape index (κ1) is 51.9. The number of aliphatic hydroxyl groups is 2. The summed E-state index contributed by atoms with van der Waals surface area (Å²) in [7, 11) is 0. The first-order valence-electron chi connectivity index (χ1n) is 24.1. The van der Waals surface area contributed by atoms with Crippen LogP contribution in [0.15, 0.2) is 24.3 Å². The van der Waals surface area contributed by atoms with E-state index in [1.165, 1.54) is 218 Å². The molecule has 0 saturated carbocycles. The van der Waals surface area contributed by atoms with Gasteiger partial charge >= 0.3 is 0 Å². The molecule has 0 saturated heterocycles. The number of amides is 1. The number of rotatable bonds is 44. The zero-order chi connectivity index (χ0) is 38.6. The van der Waals surface area contributed by atoms with Crippen molar-refractivity contribution >= 4 is 5.91 Å². The van der Waals surface area contributed by atoms with Gasteiger partial charge in [-0.05, 0) is 44.9 Å². The van der Waals surface area contributed by atoms with Crippen LogP contribution in [0.2, 0.25) is 0 Å². The van der Waals surface area contributed by atoms with E-state index in [-0.39, 0.29) is 12.5 Å². The predicted molar refractivity (Wildman–Crippen MR) is 235 cm³/mol. The molecule has 0 aromatic heterocycles. The van der Waals surface area contributed by atoms with Crippen LogP contribution in [0.1, 0.15) is 264 Å². The number of allylic oxidation sites excluding steroid dienone is 3. The third-order valence-corrected chi connectivity index (χ3v) is 11.2. The molecule has 4 heteroatoms. The van der Waals surface area contributed by atoms with Gasteiger partial charge in [-0.3, -0.25) is 4.79 Å². The van der Waals surface area contributed by atoms with Crippen molar-refractivity contribution in [3.05, 3.63) is 24.3 Å². The van der Waals surface area contributed by atoms with Gasteiger partial charge in [0.1, 0.15) is 0 Å². The number of nitrogens with one attached hydrogen (secondary N) is 1. The van der Waals surface area contributed by atoms with Crippen LogP contribution < -0.4 is 5.32 Å². The van der Waals surface area contributed by atoms with Crippen LogP contribution in [0.25, 0.3) is 0 Å². The molecule has 0 bridgehead atoms. The lowest BCUT2D eigenvalue weighted by Gasteiger charge is -2.20. The highest BCUT2D eigenvalue weighted by molar-refractivity contribution is 5.76. The summed E-state index contributed by atoms with van der Waals surface area (Å²) in [6, 6.07) is -0.619. The number of aliphatic hydroxyl groups excluding tert-OH is 2. The Morgan fingerprint density at radius 1 is 0.434 bits per heavy atom. The molecule has 1 amide bonds. The lowest BCUT2D eigenvalue weighted by molar-refractivity contribution is -0.123. The Bertz CT molecular complexity index is 765. The van der Waals surface area contributed by atoms with Gasteiger partial charge < -0.3 is 15.5 Å². The zero-order valence-electron chi connectivity index (χ0n) is 36.1. The van der Waals surface area contributed by atoms with Gasteiger partial charge in [-0.2, -0.15) is 0 Å². The molecule has 0 rings (SSSR count). The van der Waals surface area contributed by atoms with Crippen molar-refractivity contribution in [2.24, 2.45) is 0 Å². The highest BCUT2D eigenvalue weighted by Crippen LogP contribution is 2.16. The molecule has 0 spiro atoms. The minimum atomic E-state index is -0.836. The van der Waals surface area contributed by atoms with E-state index >= 15 is 0 Å². The first-order chi connectivity index (χ1) is 26.2. The van der Waals surface area contributed by atoms with Gasteiger partial charge in [0.25, 0.3) is 0 Å². The van der Waals surface area contributed by atoms with Gasteiger partial charge in [0.15, 0.2) is 0 Å². The quantitative estimate of drug-likeness (QED) is 0.0430. The molecule has 0 radical (unpaired) electrons. The largest absolute Gasteiger partial charge is 0.394 e. The van der Waals surface area contributed by atoms with Crippen molar-refractivity contribution in [2.75, 3.05) is 6.61 Å². The molecule has 3 N–H and O–H groups in total. The van der Waals surface area contributed by atoms with E-state index in [0.29, 0.717) is 6.42 Å². The number of unbranched alkanes of at least 4 members (excludes halogenated alkanes) is 35. The molecule has 314 valence electrons. The van der Waals surface area contributed by atoms with Gasteiger partial charge in [0.05, 0.1) is 18.8 Å². The van der Waals surface area contributed by atoms with Gasteiger partial charge in [-0.15, -0.1) is 0 Å². The Hall–Kier alpha value is -1.13. The lowest BCUT2D eigenvalue weighted by Crippen LogP contribution is -2.45. The lowest BCUT2D eigenvalue weighted by atomic mass is 10.0. The molecule has 0 aliphatic carbocycles. The SMILES string of the molecule is CCCCCCCCCCCCC/C=C/C(O)C(CO)NC(=O)CCCCCCCCCCCCCC/C=C\CCCCCCCCCCCCCC. The Morgan fingerprint density at radius 3 is 1.04 bits per heavy atom. The molecule has 0 aromatic rings. The summed E-state index contributed by atoms with van der Waals surface area (Å²) in [6.07, 6.45) is 58.8. The molecule has 0 aliphatic rings. The highest BCUT2D eigenvalue weighted by atomic mass is 16.3. The fraction of sp³-hybridized carbons (Fsp3) is 0.898. The van der Waals surface area contributed by atoms with E-state index in [1.54, 1.807) is 6.08 Å². The smallest absolute Gasteiger partial charge is 0.220 e. The van der Waals surface area contributed by atoms with Gasteiger partial charge in [0.2, 0.25) is 5.91 Å². The molecule has 2 unspecified atom stereocenters. The summed E-state index contributed by atoms with van der Waals surface area (Å²) in [5, 5.41) is 23.0. The molecule has 53 heavy (non-hydrogen) atoms. The van der Waals surface area contributed by atoms with E-state index in [1.807, 2.05) is 6.08 Å². The van der Waals surface area contributed by atoms with E-state index < -0.39 is 12.1 Å². The van der Waals surface area contributed by atoms with Crippen LogP contribution in [0.5, 0.6) is 0 Å². The van der Waals surface area contributed by atoms with Crippen LogP contribution >= 0.6 is 0 Å². The van der Waals surface area contributed by atoms with E-state index in [2.05, 4.69) is 31.3 Å². The molecular weight excluding hydrogens is 651 g/mol. The second-order valence-corrected chi connectivity index (χ2v) is 16.5. The van der Waals surface area contributed by atoms with Crippen LogP contribution in [-0.4, -0.2) is 34.9 Å². The molecule has 0 aromatic carbocycles. The number of hydrogen-bond donors (Lipinski definition) is 3. The summed E-state index contributed by atoms with van der Waals surface area (Å²) in [5.41, 5.74) is 0. The number of hydrogen-bond acceptors (Lipinski definition) is 3. The summed E-state index contributed by atoms with van der Waals surface area (Å²) >= 11 is 0. The molecule has 0 fully saturated rings. The van der Waals surface area contributed by atoms with E-state index in [0.717, 1.165) is 25.7 Å². The predicted octanol–water partition coefficient (Wildman–Crippen LogP) is 15.2. The maximum Gasteiger partial charge on any atom is 0.220 e. The van der Waals surface area contributed by atoms with E-state index in [4.69, 9.17) is 0 Å². The van der Waals surface area contributed by atoms with Crippen LogP contribution in [-0.2, 0) is 4.79 Å². The summed E-state index contributed by atoms with van der Waals surface area (Å²) in [6.45, 7) is 4.32. The molecule has 2 atom stereocenters. The Labute approximate surface area is 332 Å². The summed E-state index contributed by atoms with van der Waals surface area (Å²) < 4.78 is 0. The van der Waals surface area contributed by atoms with Gasteiger partial charge in [0, 0.05) is 6.42 Å². The van der Waals surface area contributed by atoms with Crippen molar-refractivity contribution in [3.63, 3.8) is 0 Å². The maximum absolute atomic E-state index is 12.4. The van der Waals surface area contributed by atoms with Crippen molar-refractivity contribution in [2.45, 2.75) is 276 Å². The van der Waals surface area contributed by atoms with E-state index in [9.17, 15) is 15.0 Å². The topological polar surface area (TPSA) is 69.6 Å². The molecule has 0 heterocycles. The number of carbonyl (C=O) groups excluding carboxylic acids is 1. The summed E-state index contributed by atoms with van der Waals surface area (Å²) in [5.74, 6) is -0.0623. The Morgan fingerprint density at radius 2 is 0.717 bits per heavy atom. The number of carbonyl (C=O) groups is 1. The molecular formula is C49H95NO3. The fourth-order valence-corrected chi connectivity index (χ4v) is 7.47. The maximum atomic E-state index is 12.4. The standard InChI is InChI=1S/C49H95NO3/c1-3-5-7-9-11-13-15-17-18-19-20-21-22-23-24-25-26-27-28-29-30-31-33-35-37-39-41-43-45-49(53)50-47(46-51)48(52)44-42-40-38-36-34-32-16-14-12-10-8-6-4-2/h23-24,42,44,47-48,51-52H,3-22,25-41,43,45-46H2,1-2H3,(H,50,53)/b24-23-,44-42+. The zero-order valence-corrected chi connectivity index (χ0v) is 36.1. The Balaban J connectivity index is 3.47. The average Bonchev–Trinajstić information content (AvgIpc) is 3.16. The monoisotopic (exact) mass is 746 g/mol. The average molecular weight is 746 g/mol. The van der Waals surface area contributed by atoms with Crippen molar-refractivity contribution < 1.29 is 15.0 Å². The van der Waals surface area contributed by atoms with Crippen LogP contribution in [0, 0.1) is 0 Å². The van der Waals surface area contributed by atoms with Gasteiger partial charge in [-0.1, -0.05) is 237 Å². The van der Waals surface area contributed by atoms with Crippen molar-refractivity contribution in [1.29, 1.82) is 0 Å². The van der Waals surface area contributed by atoms with Crippen LogP contribution in [0.4, 0.5) is 0 Å². The van der Waals surface area contributed by atoms with Crippen molar-refractivity contribution in [3.8, 4) is 0 Å². The Kier molecular flexibility index (Phi) is 44.3. The highest BCUT2D eigenvalue weighted by Gasteiger charge is 2.18. The summed E-state index contributed by atoms with van der Waals surface area (Å²) in [4.78, 5) is 12.4. The first-order valence-corrected chi connectivity index (χ1v) is 24.1. The second kappa shape index (κ2) is 45.3. The molecule has 0 aliphatic heterocycles. The fourth-order valence-electron chi connectivity index (χ4n) is 7.47. The molecule has 4 nitrogen and oxygen atoms in total. The third kappa shape index (κ3) is 41.9. The van der Waals surface area contributed by atoms with Gasteiger partial charge in [-0.25, -0.2) is 0 Å². The normalized spacial score (nSPS) is 13.1. The third-order valence-electron chi connectivity index (χ3n) is 11.2. The second-order valence-electron chi connectivity index (χ2n) is 16.5. The minimum Gasteiger partial charge on any atom is -0.394 e. The minimum absolute atomic E-state index is 0.0623. The van der Waals surface area contributed by atoms with Crippen LogP contribution in [0.3, 0.4) is 0 Å². The van der Waals surface area contributed by atoms with Crippen molar-refractivity contribution in [1.82, 2.24) is 5.32 Å².